The van der Waals surface area contributed by atoms with E-state index in [0.717, 1.165) is 0 Å². The summed E-state index contributed by atoms with van der Waals surface area (Å²) in [6.45, 7) is 2.31. The summed E-state index contributed by atoms with van der Waals surface area (Å²) in [6, 6.07) is 1.56. The number of nitrogens with two attached hydrogens (primary N) is 1. The van der Waals surface area contributed by atoms with Crippen LogP contribution in [-0.2, 0) is 11.3 Å². The normalized spacial score (nSPS) is 9.08. The minimum atomic E-state index is -0.383. The molecule has 1 aromatic rings. The molecule has 74 valence electrons. The third-order valence-corrected chi connectivity index (χ3v) is 1.43. The maximum atomic E-state index is 11.1. The molecule has 0 spiro atoms. The van der Waals surface area contributed by atoms with E-state index in [4.69, 9.17) is 14.9 Å². The summed E-state index contributed by atoms with van der Waals surface area (Å²) in [6.07, 6.45) is 1.43. The molecule has 5 heteroatoms. The Hall–Kier alpha value is -1.00. The van der Waals surface area contributed by atoms with Gasteiger partial charge >= 0.3 is 5.97 Å². The topological polar surface area (TPSA) is 65.5 Å². The molecule has 0 aliphatic rings. The number of esters is 1. The van der Waals surface area contributed by atoms with Gasteiger partial charge in [0.25, 0.3) is 0 Å². The molecule has 0 saturated heterocycles. The van der Waals surface area contributed by atoms with Crippen molar-refractivity contribution >= 4 is 18.4 Å². The van der Waals surface area contributed by atoms with Gasteiger partial charge in [-0.15, -0.1) is 12.4 Å². The summed E-state index contributed by atoms with van der Waals surface area (Å²) < 4.78 is 9.73. The lowest BCUT2D eigenvalue weighted by molar-refractivity contribution is 0.0524. The summed E-state index contributed by atoms with van der Waals surface area (Å²) in [5, 5.41) is 0. The van der Waals surface area contributed by atoms with E-state index in [0.29, 0.717) is 17.9 Å². The van der Waals surface area contributed by atoms with Crippen LogP contribution < -0.4 is 5.73 Å². The number of hydrogen-bond acceptors (Lipinski definition) is 4. The standard InChI is InChI=1S/C8H11NO3.ClH/c1-2-11-8(10)6-3-4-12-7(6)5-9;/h3-4H,2,5,9H2,1H3;1H. The molecule has 0 atom stereocenters. The van der Waals surface area contributed by atoms with E-state index in [1.165, 1.54) is 6.26 Å². The first-order valence-corrected chi connectivity index (χ1v) is 3.73. The molecule has 13 heavy (non-hydrogen) atoms. The maximum Gasteiger partial charge on any atom is 0.341 e. The quantitative estimate of drug-likeness (QED) is 0.757. The van der Waals surface area contributed by atoms with Gasteiger partial charge in [-0.2, -0.15) is 0 Å². The van der Waals surface area contributed by atoms with Crippen LogP contribution in [0.5, 0.6) is 0 Å². The van der Waals surface area contributed by atoms with Crippen molar-refractivity contribution in [3.63, 3.8) is 0 Å². The lowest BCUT2D eigenvalue weighted by Gasteiger charge is -1.99. The highest BCUT2D eigenvalue weighted by Gasteiger charge is 2.13. The SMILES string of the molecule is CCOC(=O)c1ccoc1CN.Cl. The Balaban J connectivity index is 0.00000144. The fraction of sp³-hybridized carbons (Fsp3) is 0.375. The molecule has 1 heterocycles. The fourth-order valence-corrected chi connectivity index (χ4v) is 0.889. The van der Waals surface area contributed by atoms with Gasteiger partial charge in [0.15, 0.2) is 0 Å². The van der Waals surface area contributed by atoms with Crippen LogP contribution in [0.25, 0.3) is 0 Å². The van der Waals surface area contributed by atoms with Crippen molar-refractivity contribution in [2.45, 2.75) is 13.5 Å². The second kappa shape index (κ2) is 5.61. The monoisotopic (exact) mass is 205 g/mol. The molecule has 0 saturated carbocycles. The number of hydrogen-bond donors (Lipinski definition) is 1. The van der Waals surface area contributed by atoms with Gasteiger partial charge in [-0.3, -0.25) is 0 Å². The zero-order chi connectivity index (χ0) is 8.97. The van der Waals surface area contributed by atoms with Crippen molar-refractivity contribution in [1.82, 2.24) is 0 Å². The number of halogens is 1. The van der Waals surface area contributed by atoms with E-state index in [1.807, 2.05) is 0 Å². The minimum absolute atomic E-state index is 0. The third-order valence-electron chi connectivity index (χ3n) is 1.43. The van der Waals surface area contributed by atoms with Crippen LogP contribution in [0.3, 0.4) is 0 Å². The molecular weight excluding hydrogens is 194 g/mol. The predicted octanol–water partition coefficient (Wildman–Crippen LogP) is 1.34. The number of carbonyl (C=O) groups excluding carboxylic acids is 1. The molecule has 1 aromatic heterocycles. The van der Waals surface area contributed by atoms with E-state index in [2.05, 4.69) is 0 Å². The maximum absolute atomic E-state index is 11.1. The average Bonchev–Trinajstić information content (AvgIpc) is 2.51. The Morgan fingerprint density at radius 3 is 2.92 bits per heavy atom. The van der Waals surface area contributed by atoms with E-state index in [1.54, 1.807) is 13.0 Å². The van der Waals surface area contributed by atoms with E-state index in [-0.39, 0.29) is 24.9 Å². The van der Waals surface area contributed by atoms with Gasteiger partial charge in [-0.05, 0) is 13.0 Å². The smallest absolute Gasteiger partial charge is 0.341 e. The Morgan fingerprint density at radius 2 is 2.38 bits per heavy atom. The molecule has 0 amide bonds. The first kappa shape index (κ1) is 12.0. The highest BCUT2D eigenvalue weighted by atomic mass is 35.5. The Morgan fingerprint density at radius 1 is 1.69 bits per heavy atom. The van der Waals surface area contributed by atoms with Crippen molar-refractivity contribution in [3.05, 3.63) is 23.7 Å². The van der Waals surface area contributed by atoms with E-state index in [9.17, 15) is 4.79 Å². The summed E-state index contributed by atoms with van der Waals surface area (Å²) in [5.74, 6) is 0.0835. The van der Waals surface area contributed by atoms with E-state index >= 15 is 0 Å². The lowest BCUT2D eigenvalue weighted by atomic mass is 10.2. The Bertz CT molecular complexity index is 272. The average molecular weight is 206 g/mol. The summed E-state index contributed by atoms with van der Waals surface area (Å²) in [5.41, 5.74) is 5.74. The van der Waals surface area contributed by atoms with Gasteiger partial charge in [0.05, 0.1) is 19.4 Å². The molecule has 4 nitrogen and oxygen atoms in total. The molecular formula is C8H12ClNO3. The van der Waals surface area contributed by atoms with Gasteiger partial charge in [0.2, 0.25) is 0 Å². The minimum Gasteiger partial charge on any atom is -0.467 e. The molecule has 2 N–H and O–H groups in total. The molecule has 0 aromatic carbocycles. The van der Waals surface area contributed by atoms with Crippen molar-refractivity contribution < 1.29 is 13.9 Å². The summed E-state index contributed by atoms with van der Waals surface area (Å²) in [4.78, 5) is 11.1. The van der Waals surface area contributed by atoms with Gasteiger partial charge in [-0.25, -0.2) is 4.79 Å². The highest BCUT2D eigenvalue weighted by molar-refractivity contribution is 5.90. The lowest BCUT2D eigenvalue weighted by Crippen LogP contribution is -2.08. The van der Waals surface area contributed by atoms with Crippen LogP contribution in [0, 0.1) is 0 Å². The van der Waals surface area contributed by atoms with Crippen LogP contribution in [0.1, 0.15) is 23.0 Å². The predicted molar refractivity (Wildman–Crippen MR) is 49.8 cm³/mol. The van der Waals surface area contributed by atoms with E-state index < -0.39 is 0 Å². The van der Waals surface area contributed by atoms with Crippen LogP contribution in [0.4, 0.5) is 0 Å². The Kier molecular flexibility index (Phi) is 5.18. The molecule has 0 fully saturated rings. The molecule has 0 bridgehead atoms. The van der Waals surface area contributed by atoms with Crippen LogP contribution >= 0.6 is 12.4 Å². The second-order valence-electron chi connectivity index (χ2n) is 2.18. The van der Waals surface area contributed by atoms with Crippen molar-refractivity contribution in [2.75, 3.05) is 6.61 Å². The largest absolute Gasteiger partial charge is 0.467 e. The van der Waals surface area contributed by atoms with Gasteiger partial charge in [0.1, 0.15) is 11.3 Å². The number of ether oxygens (including phenoxy) is 1. The number of carbonyl (C=O) groups is 1. The molecule has 0 aliphatic carbocycles. The van der Waals surface area contributed by atoms with Gasteiger partial charge < -0.3 is 14.9 Å². The number of rotatable bonds is 3. The third kappa shape index (κ3) is 2.75. The molecule has 0 aliphatic heterocycles. The molecule has 0 radical (unpaired) electrons. The zero-order valence-electron chi connectivity index (χ0n) is 7.28. The van der Waals surface area contributed by atoms with Crippen molar-refractivity contribution in [1.29, 1.82) is 0 Å². The first-order valence-electron chi connectivity index (χ1n) is 3.73. The summed E-state index contributed by atoms with van der Waals surface area (Å²) >= 11 is 0. The van der Waals surface area contributed by atoms with Crippen molar-refractivity contribution in [3.8, 4) is 0 Å². The van der Waals surface area contributed by atoms with Crippen LogP contribution in [0.15, 0.2) is 16.7 Å². The fourth-order valence-electron chi connectivity index (χ4n) is 0.889. The molecule has 0 unspecified atom stereocenters. The number of furan rings is 1. The Labute approximate surface area is 82.5 Å². The van der Waals surface area contributed by atoms with Crippen LogP contribution in [-0.4, -0.2) is 12.6 Å². The second-order valence-corrected chi connectivity index (χ2v) is 2.18. The highest BCUT2D eigenvalue weighted by Crippen LogP contribution is 2.10. The molecule has 1 rings (SSSR count). The van der Waals surface area contributed by atoms with Gasteiger partial charge in [0, 0.05) is 0 Å². The summed E-state index contributed by atoms with van der Waals surface area (Å²) in [7, 11) is 0. The first-order chi connectivity index (χ1) is 5.79. The van der Waals surface area contributed by atoms with Crippen molar-refractivity contribution in [2.24, 2.45) is 5.73 Å². The zero-order valence-corrected chi connectivity index (χ0v) is 8.10. The van der Waals surface area contributed by atoms with Gasteiger partial charge in [-0.1, -0.05) is 0 Å². The van der Waals surface area contributed by atoms with Crippen LogP contribution in [0.2, 0.25) is 0 Å².